The Morgan fingerprint density at radius 3 is 2.23 bits per heavy atom. The predicted octanol–water partition coefficient (Wildman–Crippen LogP) is 2.48. The summed E-state index contributed by atoms with van der Waals surface area (Å²) in [5.41, 5.74) is -0.459. The number of aliphatic hydroxyl groups is 2. The van der Waals surface area contributed by atoms with Gasteiger partial charge in [-0.3, -0.25) is 4.79 Å². The lowest BCUT2D eigenvalue weighted by Crippen LogP contribution is -2.41. The van der Waals surface area contributed by atoms with E-state index >= 15 is 0 Å². The van der Waals surface area contributed by atoms with Crippen molar-refractivity contribution in [2.24, 2.45) is 5.92 Å². The van der Waals surface area contributed by atoms with E-state index in [0.29, 0.717) is 13.2 Å². The molecule has 7 nitrogen and oxygen atoms in total. The summed E-state index contributed by atoms with van der Waals surface area (Å²) < 4.78 is 10.1. The molecule has 152 valence electrons. The minimum Gasteiger partial charge on any atom is -0.466 e. The molecule has 7 heteroatoms. The quantitative estimate of drug-likeness (QED) is 0.738. The third-order valence-electron chi connectivity index (χ3n) is 4.53. The molecule has 2 rings (SSSR count). The van der Waals surface area contributed by atoms with Gasteiger partial charge in [-0.2, -0.15) is 0 Å². The largest absolute Gasteiger partial charge is 0.466 e. The van der Waals surface area contributed by atoms with Crippen molar-refractivity contribution in [1.82, 2.24) is 4.90 Å². The number of amides is 1. The van der Waals surface area contributed by atoms with Crippen molar-refractivity contribution in [2.75, 3.05) is 19.8 Å². The number of carbonyl (C=O) groups excluding carboxylic acids is 2. The summed E-state index contributed by atoms with van der Waals surface area (Å²) in [5.74, 6) is -0.0576. The smallest absolute Gasteiger partial charge is 0.410 e. The molecule has 2 N–H and O–H groups in total. The van der Waals surface area contributed by atoms with Crippen LogP contribution in [0.1, 0.15) is 66.2 Å². The predicted molar refractivity (Wildman–Crippen MR) is 97.6 cm³/mol. The van der Waals surface area contributed by atoms with E-state index in [0.717, 1.165) is 38.5 Å². The number of hydrogen-bond acceptors (Lipinski definition) is 6. The van der Waals surface area contributed by atoms with E-state index in [1.807, 2.05) is 27.7 Å². The van der Waals surface area contributed by atoms with E-state index in [2.05, 4.69) is 0 Å². The molecule has 2 fully saturated rings. The highest BCUT2D eigenvalue weighted by Gasteiger charge is 2.31. The molecule has 1 aliphatic carbocycles. The van der Waals surface area contributed by atoms with Crippen LogP contribution in [0.3, 0.4) is 0 Å². The summed E-state index contributed by atoms with van der Waals surface area (Å²) in [6.45, 7) is 8.52. The van der Waals surface area contributed by atoms with Crippen LogP contribution < -0.4 is 0 Å². The molecule has 0 aromatic heterocycles. The van der Waals surface area contributed by atoms with Crippen LogP contribution >= 0.6 is 0 Å². The van der Waals surface area contributed by atoms with Crippen LogP contribution in [0.2, 0.25) is 0 Å². The minimum absolute atomic E-state index is 0.0270. The molecule has 0 aromatic carbocycles. The average Bonchev–Trinajstić information content (AvgIpc) is 3.03. The molecule has 1 saturated heterocycles. The molecule has 0 aromatic rings. The molecule has 1 heterocycles. The average molecular weight is 373 g/mol. The summed E-state index contributed by atoms with van der Waals surface area (Å²) in [6.07, 6.45) is 4.34. The van der Waals surface area contributed by atoms with Crippen molar-refractivity contribution < 1.29 is 29.3 Å². The van der Waals surface area contributed by atoms with Gasteiger partial charge in [-0.05, 0) is 66.2 Å². The highest BCUT2D eigenvalue weighted by Crippen LogP contribution is 2.25. The van der Waals surface area contributed by atoms with Gasteiger partial charge in [0.05, 0.1) is 31.3 Å². The van der Waals surface area contributed by atoms with E-state index in [1.54, 1.807) is 4.90 Å². The van der Waals surface area contributed by atoms with Crippen molar-refractivity contribution >= 4 is 12.1 Å². The lowest BCUT2D eigenvalue weighted by Gasteiger charge is -2.27. The lowest BCUT2D eigenvalue weighted by atomic mass is 9.88. The molecule has 0 spiro atoms. The fourth-order valence-corrected chi connectivity index (χ4v) is 3.16. The molecular weight excluding hydrogens is 338 g/mol. The van der Waals surface area contributed by atoms with Gasteiger partial charge < -0.3 is 24.6 Å². The van der Waals surface area contributed by atoms with Gasteiger partial charge in [0.15, 0.2) is 0 Å². The number of carbonyl (C=O) groups is 2. The van der Waals surface area contributed by atoms with Gasteiger partial charge in [-0.1, -0.05) is 0 Å². The highest BCUT2D eigenvalue weighted by molar-refractivity contribution is 5.72. The van der Waals surface area contributed by atoms with E-state index in [1.165, 1.54) is 0 Å². The second-order valence-electron chi connectivity index (χ2n) is 7.91. The molecule has 2 aliphatic rings. The number of hydrogen-bond donors (Lipinski definition) is 2. The van der Waals surface area contributed by atoms with Crippen molar-refractivity contribution in [1.29, 1.82) is 0 Å². The Morgan fingerprint density at radius 1 is 1.12 bits per heavy atom. The van der Waals surface area contributed by atoms with Crippen LogP contribution in [0.4, 0.5) is 4.79 Å². The van der Waals surface area contributed by atoms with Crippen LogP contribution in [0.15, 0.2) is 0 Å². The summed E-state index contributed by atoms with van der Waals surface area (Å²) in [5, 5.41) is 18.2. The monoisotopic (exact) mass is 373 g/mol. The fourth-order valence-electron chi connectivity index (χ4n) is 3.16. The van der Waals surface area contributed by atoms with Gasteiger partial charge in [0.25, 0.3) is 0 Å². The summed E-state index contributed by atoms with van der Waals surface area (Å²) in [6, 6.07) is -0.0511. The van der Waals surface area contributed by atoms with Gasteiger partial charge in [-0.25, -0.2) is 4.79 Å². The Balaban J connectivity index is 0.000000263. The molecule has 1 aliphatic heterocycles. The van der Waals surface area contributed by atoms with Gasteiger partial charge in [0.2, 0.25) is 0 Å². The number of ether oxygens (including phenoxy) is 2. The Bertz CT molecular complexity index is 440. The van der Waals surface area contributed by atoms with Crippen LogP contribution in [0, 0.1) is 5.92 Å². The van der Waals surface area contributed by atoms with E-state index < -0.39 is 5.60 Å². The number of esters is 1. The topological polar surface area (TPSA) is 96.3 Å². The zero-order valence-corrected chi connectivity index (χ0v) is 16.6. The number of nitrogens with zero attached hydrogens (tertiary/aromatic N) is 1. The Hall–Kier alpha value is -1.34. The molecule has 1 unspecified atom stereocenters. The second kappa shape index (κ2) is 10.7. The Kier molecular flexibility index (Phi) is 9.36. The van der Waals surface area contributed by atoms with Gasteiger partial charge in [0, 0.05) is 6.54 Å². The lowest BCUT2D eigenvalue weighted by molar-refractivity contribution is -0.149. The first-order valence-electron chi connectivity index (χ1n) is 9.63. The van der Waals surface area contributed by atoms with E-state index in [9.17, 15) is 14.7 Å². The second-order valence-corrected chi connectivity index (χ2v) is 7.91. The number of rotatable bonds is 3. The van der Waals surface area contributed by atoms with Crippen molar-refractivity contribution in [3.05, 3.63) is 0 Å². The number of aliphatic hydroxyl groups excluding tert-OH is 2. The molecule has 1 saturated carbocycles. The number of likely N-dealkylation sites (tertiary alicyclic amines) is 1. The van der Waals surface area contributed by atoms with Crippen LogP contribution in [-0.4, -0.2) is 64.7 Å². The zero-order chi connectivity index (χ0) is 19.7. The first-order valence-corrected chi connectivity index (χ1v) is 9.63. The SMILES string of the molecule is CC(C)(C)OC(=O)N1CCCC1CO.CCOC(=O)C1CCC(O)CC1. The molecule has 0 radical (unpaired) electrons. The molecular formula is C19H35NO6. The normalized spacial score (nSPS) is 25.9. The summed E-state index contributed by atoms with van der Waals surface area (Å²) in [7, 11) is 0. The van der Waals surface area contributed by atoms with Crippen LogP contribution in [0.25, 0.3) is 0 Å². The van der Waals surface area contributed by atoms with E-state index in [4.69, 9.17) is 14.6 Å². The van der Waals surface area contributed by atoms with Gasteiger partial charge in [-0.15, -0.1) is 0 Å². The summed E-state index contributed by atoms with van der Waals surface area (Å²) >= 11 is 0. The van der Waals surface area contributed by atoms with Crippen molar-refractivity contribution in [3.63, 3.8) is 0 Å². The van der Waals surface area contributed by atoms with E-state index in [-0.39, 0.29) is 36.7 Å². The van der Waals surface area contributed by atoms with Gasteiger partial charge in [0.1, 0.15) is 5.60 Å². The molecule has 1 atom stereocenters. The molecule has 0 bridgehead atoms. The van der Waals surface area contributed by atoms with Crippen LogP contribution in [0.5, 0.6) is 0 Å². The molecule has 26 heavy (non-hydrogen) atoms. The molecule has 1 amide bonds. The third-order valence-corrected chi connectivity index (χ3v) is 4.53. The summed E-state index contributed by atoms with van der Waals surface area (Å²) in [4.78, 5) is 24.4. The van der Waals surface area contributed by atoms with Crippen LogP contribution in [-0.2, 0) is 14.3 Å². The first-order chi connectivity index (χ1) is 12.2. The maximum atomic E-state index is 11.6. The Labute approximate surface area is 156 Å². The maximum absolute atomic E-state index is 11.6. The fraction of sp³-hybridized carbons (Fsp3) is 0.895. The van der Waals surface area contributed by atoms with Gasteiger partial charge >= 0.3 is 12.1 Å². The van der Waals surface area contributed by atoms with Crippen molar-refractivity contribution in [3.8, 4) is 0 Å². The standard InChI is InChI=1S/C10H19NO3.C9H16O3/c1-10(2,3)14-9(13)11-6-4-5-8(11)7-12;1-2-12-9(11)7-3-5-8(10)6-4-7/h8,12H,4-7H2,1-3H3;7-8,10H,2-6H2,1H3. The minimum atomic E-state index is -0.459. The first kappa shape index (κ1) is 22.7. The highest BCUT2D eigenvalue weighted by atomic mass is 16.6. The maximum Gasteiger partial charge on any atom is 0.410 e. The Morgan fingerprint density at radius 2 is 1.73 bits per heavy atom. The third kappa shape index (κ3) is 7.91. The zero-order valence-electron chi connectivity index (χ0n) is 16.6. The van der Waals surface area contributed by atoms with Crippen molar-refractivity contribution in [2.45, 2.75) is 84.0 Å².